The van der Waals surface area contributed by atoms with E-state index >= 15 is 0 Å². The molecule has 0 aliphatic carbocycles. The van der Waals surface area contributed by atoms with Crippen LogP contribution in [0.2, 0.25) is 5.02 Å². The van der Waals surface area contributed by atoms with E-state index in [1.54, 1.807) is 53.9 Å². The second kappa shape index (κ2) is 8.16. The maximum atomic E-state index is 13.2. The zero-order valence-corrected chi connectivity index (χ0v) is 17.6. The highest BCUT2D eigenvalue weighted by atomic mass is 35.5. The van der Waals surface area contributed by atoms with Crippen molar-refractivity contribution in [1.82, 2.24) is 4.40 Å². The molecule has 1 amide bonds. The Morgan fingerprint density at radius 3 is 2.47 bits per heavy atom. The smallest absolute Gasteiger partial charge is 0.269 e. The van der Waals surface area contributed by atoms with Crippen molar-refractivity contribution < 1.29 is 14.5 Å². The molecule has 0 saturated heterocycles. The number of fused-ring (bicyclic) bond motifs is 1. The van der Waals surface area contributed by atoms with Gasteiger partial charge in [0.25, 0.3) is 11.6 Å². The van der Waals surface area contributed by atoms with Gasteiger partial charge >= 0.3 is 0 Å². The van der Waals surface area contributed by atoms with E-state index in [9.17, 15) is 19.7 Å². The number of amides is 1. The van der Waals surface area contributed by atoms with Gasteiger partial charge in [-0.25, -0.2) is 0 Å². The van der Waals surface area contributed by atoms with Crippen molar-refractivity contribution in [2.45, 2.75) is 6.92 Å². The number of carbonyl (C=O) groups excluding carboxylic acids is 2. The topological polar surface area (TPSA) is 120 Å². The molecule has 4 rings (SSSR count). The third kappa shape index (κ3) is 3.57. The van der Waals surface area contributed by atoms with Crippen LogP contribution in [-0.4, -0.2) is 21.0 Å². The third-order valence-corrected chi connectivity index (χ3v) is 5.59. The largest absolute Gasteiger partial charge is 0.396 e. The molecular formula is C23H17ClN4O4. The molecule has 4 aromatic rings. The van der Waals surface area contributed by atoms with Crippen LogP contribution in [0.25, 0.3) is 5.52 Å². The molecule has 0 unspecified atom stereocenters. The first-order valence-electron chi connectivity index (χ1n) is 9.53. The fraction of sp³-hybridized carbons (Fsp3) is 0.0435. The standard InChI is InChI=1S/C23H17ClN4O4/c1-13-16(24)5-4-6-17(13)26-23(30)19-18-7-2-3-12-27(18)21(20(19)25)22(29)14-8-10-15(11-9-14)28(31)32/h2-12H,25H2,1H3,(H,26,30). The fourth-order valence-corrected chi connectivity index (χ4v) is 3.67. The Kier molecular flexibility index (Phi) is 5.38. The Labute approximate surface area is 187 Å². The van der Waals surface area contributed by atoms with Crippen LogP contribution >= 0.6 is 11.6 Å². The maximum absolute atomic E-state index is 13.2. The Bertz CT molecular complexity index is 1390. The van der Waals surface area contributed by atoms with E-state index in [4.69, 9.17) is 17.3 Å². The number of pyridine rings is 1. The van der Waals surface area contributed by atoms with E-state index in [0.29, 0.717) is 21.8 Å². The summed E-state index contributed by atoms with van der Waals surface area (Å²) in [5.41, 5.74) is 8.34. The second-order valence-corrected chi connectivity index (χ2v) is 7.50. The third-order valence-electron chi connectivity index (χ3n) is 5.18. The molecule has 2 aromatic carbocycles. The molecular weight excluding hydrogens is 432 g/mol. The van der Waals surface area contributed by atoms with Crippen LogP contribution < -0.4 is 11.1 Å². The molecule has 32 heavy (non-hydrogen) atoms. The zero-order valence-electron chi connectivity index (χ0n) is 16.8. The molecule has 2 aromatic heterocycles. The number of nitro benzene ring substituents is 1. The van der Waals surface area contributed by atoms with Crippen LogP contribution in [0.3, 0.4) is 0 Å². The predicted molar refractivity (Wildman–Crippen MR) is 122 cm³/mol. The molecule has 3 N–H and O–H groups in total. The number of carbonyl (C=O) groups is 2. The van der Waals surface area contributed by atoms with Crippen molar-refractivity contribution in [2.24, 2.45) is 0 Å². The molecule has 0 saturated carbocycles. The Balaban J connectivity index is 1.80. The summed E-state index contributed by atoms with van der Waals surface area (Å²) in [7, 11) is 0. The van der Waals surface area contributed by atoms with Gasteiger partial charge in [-0.2, -0.15) is 0 Å². The molecule has 0 atom stereocenters. The number of nitrogens with two attached hydrogens (primary N) is 1. The number of benzene rings is 2. The van der Waals surface area contributed by atoms with Crippen LogP contribution in [0.15, 0.2) is 66.9 Å². The lowest BCUT2D eigenvalue weighted by Crippen LogP contribution is -2.15. The minimum absolute atomic E-state index is 0.0109. The average Bonchev–Trinajstić information content (AvgIpc) is 3.08. The molecule has 0 radical (unpaired) electrons. The Hall–Kier alpha value is -4.17. The zero-order chi connectivity index (χ0) is 23.0. The minimum Gasteiger partial charge on any atom is -0.396 e. The number of nitrogens with zero attached hydrogens (tertiary/aromatic N) is 2. The number of halogens is 1. The lowest BCUT2D eigenvalue weighted by molar-refractivity contribution is -0.384. The van der Waals surface area contributed by atoms with Crippen LogP contribution in [0.5, 0.6) is 0 Å². The first-order chi connectivity index (χ1) is 15.3. The van der Waals surface area contributed by atoms with Gasteiger partial charge in [0, 0.05) is 34.6 Å². The Morgan fingerprint density at radius 2 is 1.78 bits per heavy atom. The fourth-order valence-electron chi connectivity index (χ4n) is 3.50. The highest BCUT2D eigenvalue weighted by molar-refractivity contribution is 6.32. The van der Waals surface area contributed by atoms with E-state index in [1.807, 2.05) is 0 Å². The van der Waals surface area contributed by atoms with E-state index < -0.39 is 16.6 Å². The number of hydrogen-bond acceptors (Lipinski definition) is 5. The lowest BCUT2D eigenvalue weighted by Gasteiger charge is -2.09. The summed E-state index contributed by atoms with van der Waals surface area (Å²) in [6.07, 6.45) is 1.63. The number of hydrogen-bond donors (Lipinski definition) is 2. The SMILES string of the molecule is Cc1c(Cl)cccc1NC(=O)c1c(N)c(C(=O)c2ccc([N+](=O)[O-])cc2)n2ccccc12. The Morgan fingerprint density at radius 1 is 1.06 bits per heavy atom. The van der Waals surface area contributed by atoms with Gasteiger partial charge in [-0.3, -0.25) is 19.7 Å². The molecule has 2 heterocycles. The van der Waals surface area contributed by atoms with E-state index in [-0.39, 0.29) is 28.2 Å². The van der Waals surface area contributed by atoms with Gasteiger partial charge in [0.2, 0.25) is 5.78 Å². The second-order valence-electron chi connectivity index (χ2n) is 7.09. The minimum atomic E-state index is -0.546. The van der Waals surface area contributed by atoms with Crippen molar-refractivity contribution >= 4 is 45.9 Å². The first kappa shape index (κ1) is 21.1. The first-order valence-corrected chi connectivity index (χ1v) is 9.91. The van der Waals surface area contributed by atoms with Crippen molar-refractivity contribution in [2.75, 3.05) is 11.1 Å². The van der Waals surface area contributed by atoms with Gasteiger partial charge in [0.1, 0.15) is 5.69 Å². The molecule has 0 spiro atoms. The van der Waals surface area contributed by atoms with E-state index in [0.717, 1.165) is 0 Å². The molecule has 8 nitrogen and oxygen atoms in total. The summed E-state index contributed by atoms with van der Waals surface area (Å²) in [6.45, 7) is 1.78. The molecule has 0 fully saturated rings. The van der Waals surface area contributed by atoms with Crippen molar-refractivity contribution in [3.63, 3.8) is 0 Å². The normalized spacial score (nSPS) is 10.8. The van der Waals surface area contributed by atoms with Crippen molar-refractivity contribution in [3.05, 3.63) is 104 Å². The number of rotatable bonds is 5. The maximum Gasteiger partial charge on any atom is 0.269 e. The highest BCUT2D eigenvalue weighted by Crippen LogP contribution is 2.31. The molecule has 0 aliphatic heterocycles. The monoisotopic (exact) mass is 448 g/mol. The van der Waals surface area contributed by atoms with Crippen molar-refractivity contribution in [1.29, 1.82) is 0 Å². The lowest BCUT2D eigenvalue weighted by atomic mass is 10.1. The molecule has 0 aliphatic rings. The molecule has 9 heteroatoms. The number of non-ortho nitro benzene ring substituents is 1. The summed E-state index contributed by atoms with van der Waals surface area (Å²) in [6, 6.07) is 15.5. The summed E-state index contributed by atoms with van der Waals surface area (Å²) in [4.78, 5) is 36.8. The van der Waals surface area contributed by atoms with Gasteiger partial charge < -0.3 is 15.5 Å². The number of anilines is 2. The van der Waals surface area contributed by atoms with E-state index in [1.165, 1.54) is 24.3 Å². The number of aromatic nitrogens is 1. The van der Waals surface area contributed by atoms with Gasteiger partial charge in [0.15, 0.2) is 0 Å². The van der Waals surface area contributed by atoms with Crippen LogP contribution in [0.1, 0.15) is 32.0 Å². The van der Waals surface area contributed by atoms with Crippen LogP contribution in [-0.2, 0) is 0 Å². The van der Waals surface area contributed by atoms with Gasteiger partial charge in [0.05, 0.1) is 21.7 Å². The number of nitrogens with one attached hydrogen (secondary N) is 1. The summed E-state index contributed by atoms with van der Waals surface area (Å²) in [5.74, 6) is -0.948. The van der Waals surface area contributed by atoms with Crippen LogP contribution in [0.4, 0.5) is 17.1 Å². The predicted octanol–water partition coefficient (Wildman–Crippen LogP) is 4.87. The number of ketones is 1. The summed E-state index contributed by atoms with van der Waals surface area (Å²) in [5, 5.41) is 14.2. The van der Waals surface area contributed by atoms with Gasteiger partial charge in [-0.1, -0.05) is 23.7 Å². The summed E-state index contributed by atoms with van der Waals surface area (Å²) >= 11 is 6.15. The highest BCUT2D eigenvalue weighted by Gasteiger charge is 2.26. The van der Waals surface area contributed by atoms with Crippen molar-refractivity contribution in [3.8, 4) is 0 Å². The quantitative estimate of drug-likeness (QED) is 0.256. The van der Waals surface area contributed by atoms with Crippen LogP contribution in [0, 0.1) is 17.0 Å². The van der Waals surface area contributed by atoms with Gasteiger partial charge in [-0.05, 0) is 48.9 Å². The molecule has 160 valence electrons. The number of nitrogen functional groups attached to an aromatic ring is 1. The molecule has 0 bridgehead atoms. The summed E-state index contributed by atoms with van der Waals surface area (Å²) < 4.78 is 1.54. The number of nitro groups is 1. The average molecular weight is 449 g/mol. The van der Waals surface area contributed by atoms with E-state index in [2.05, 4.69) is 5.32 Å². The van der Waals surface area contributed by atoms with Gasteiger partial charge in [-0.15, -0.1) is 0 Å².